The van der Waals surface area contributed by atoms with Crippen molar-refractivity contribution in [3.05, 3.63) is 28.3 Å². The summed E-state index contributed by atoms with van der Waals surface area (Å²) >= 11 is 11.4. The van der Waals surface area contributed by atoms with E-state index in [0.29, 0.717) is 17.2 Å². The molecule has 7 nitrogen and oxygen atoms in total. The van der Waals surface area contributed by atoms with Crippen molar-refractivity contribution in [2.24, 2.45) is 17.3 Å². The third-order valence-electron chi connectivity index (χ3n) is 4.72. The summed E-state index contributed by atoms with van der Waals surface area (Å²) in [5.74, 6) is -0.254. The molecule has 1 aromatic rings. The van der Waals surface area contributed by atoms with E-state index in [-0.39, 0.29) is 33.2 Å². The average Bonchev–Trinajstić information content (AvgIpc) is 3.16. The Morgan fingerprint density at radius 1 is 1.04 bits per heavy atom. The van der Waals surface area contributed by atoms with Crippen LogP contribution >= 0.6 is 23.2 Å². The summed E-state index contributed by atoms with van der Waals surface area (Å²) < 4.78 is 15.8. The van der Waals surface area contributed by atoms with Gasteiger partial charge in [0.2, 0.25) is 11.7 Å². The molecule has 0 saturated heterocycles. The third-order valence-corrected chi connectivity index (χ3v) is 4.98. The fourth-order valence-electron chi connectivity index (χ4n) is 3.11. The number of ether oxygens (including phenoxy) is 3. The highest BCUT2D eigenvalue weighted by Gasteiger charge is 2.60. The quantitative estimate of drug-likeness (QED) is 0.695. The van der Waals surface area contributed by atoms with Crippen LogP contribution in [0.15, 0.2) is 22.7 Å². The van der Waals surface area contributed by atoms with E-state index in [1.165, 1.54) is 33.5 Å². The van der Waals surface area contributed by atoms with Crippen molar-refractivity contribution < 1.29 is 23.8 Å². The lowest BCUT2D eigenvalue weighted by Crippen LogP contribution is -2.43. The van der Waals surface area contributed by atoms with Crippen LogP contribution in [0.4, 0.5) is 0 Å². The number of carbonyl (C=O) groups is 2. The Labute approximate surface area is 167 Å². The summed E-state index contributed by atoms with van der Waals surface area (Å²) in [5.41, 5.74) is 4.77. The van der Waals surface area contributed by atoms with Gasteiger partial charge in [0.05, 0.1) is 27.2 Å². The second-order valence-electron chi connectivity index (χ2n) is 6.64. The molecule has 0 aliphatic heterocycles. The highest BCUT2D eigenvalue weighted by atomic mass is 35.5. The van der Waals surface area contributed by atoms with Crippen LogP contribution in [0.5, 0.6) is 17.2 Å². The zero-order chi connectivity index (χ0) is 20.4. The van der Waals surface area contributed by atoms with Gasteiger partial charge in [0.1, 0.15) is 4.49 Å². The number of carbonyl (C=O) groups excluding carboxylic acids is 2. The van der Waals surface area contributed by atoms with Crippen molar-refractivity contribution in [2.45, 2.75) is 13.8 Å². The molecule has 2 rings (SSSR count). The number of hydrazine groups is 1. The molecule has 0 heterocycles. The molecule has 1 aliphatic rings. The van der Waals surface area contributed by atoms with Gasteiger partial charge < -0.3 is 14.2 Å². The number of methoxy groups -OCH3 is 3. The molecular weight excluding hydrogens is 395 g/mol. The minimum absolute atomic E-state index is 0.0967. The molecule has 1 aromatic carbocycles. The SMILES string of the molecule is COc1cc(C(=O)NNC(=O)[C@H]2[C@H](C=C(Cl)Cl)C2(C)C)cc(OC)c1OC. The van der Waals surface area contributed by atoms with E-state index < -0.39 is 5.91 Å². The van der Waals surface area contributed by atoms with Crippen LogP contribution in [0.2, 0.25) is 0 Å². The van der Waals surface area contributed by atoms with Crippen LogP contribution in [0.1, 0.15) is 24.2 Å². The van der Waals surface area contributed by atoms with Crippen molar-refractivity contribution in [1.29, 1.82) is 0 Å². The van der Waals surface area contributed by atoms with Crippen molar-refractivity contribution in [3.63, 3.8) is 0 Å². The summed E-state index contributed by atoms with van der Waals surface area (Å²) in [6.07, 6.45) is 1.63. The summed E-state index contributed by atoms with van der Waals surface area (Å²) in [4.78, 5) is 24.8. The first-order valence-corrected chi connectivity index (χ1v) is 8.86. The van der Waals surface area contributed by atoms with Crippen LogP contribution in [0.25, 0.3) is 0 Å². The molecule has 2 atom stereocenters. The lowest BCUT2D eigenvalue weighted by atomic mass is 10.1. The van der Waals surface area contributed by atoms with Crippen LogP contribution < -0.4 is 25.1 Å². The van der Waals surface area contributed by atoms with Gasteiger partial charge in [0.15, 0.2) is 11.5 Å². The summed E-state index contributed by atoms with van der Waals surface area (Å²) in [7, 11) is 4.37. The maximum absolute atomic E-state index is 12.4. The van der Waals surface area contributed by atoms with E-state index in [4.69, 9.17) is 37.4 Å². The zero-order valence-electron chi connectivity index (χ0n) is 15.7. The highest BCUT2D eigenvalue weighted by molar-refractivity contribution is 6.55. The van der Waals surface area contributed by atoms with Crippen LogP contribution in [-0.4, -0.2) is 33.1 Å². The van der Waals surface area contributed by atoms with Crippen LogP contribution in [-0.2, 0) is 4.79 Å². The van der Waals surface area contributed by atoms with E-state index in [2.05, 4.69) is 10.9 Å². The Hall–Kier alpha value is -2.12. The first-order valence-electron chi connectivity index (χ1n) is 8.10. The van der Waals surface area contributed by atoms with Crippen LogP contribution in [0, 0.1) is 17.3 Å². The second-order valence-corrected chi connectivity index (χ2v) is 7.65. The number of benzene rings is 1. The zero-order valence-corrected chi connectivity index (χ0v) is 17.2. The Bertz CT molecular complexity index is 750. The van der Waals surface area contributed by atoms with Crippen molar-refractivity contribution in [2.75, 3.05) is 21.3 Å². The molecule has 0 aromatic heterocycles. The number of halogens is 2. The smallest absolute Gasteiger partial charge is 0.269 e. The minimum atomic E-state index is -0.525. The molecule has 1 aliphatic carbocycles. The standard InChI is InChI=1S/C18H22Cl2N2O5/c1-18(2)10(8-13(19)20)14(18)17(24)22-21-16(23)9-6-11(25-3)15(27-5)12(7-9)26-4/h6-8,10,14H,1-5H3,(H,21,23)(H,22,24)/t10-,14+/m0/s1. The van der Waals surface area contributed by atoms with E-state index >= 15 is 0 Å². The summed E-state index contributed by atoms with van der Waals surface area (Å²) in [6, 6.07) is 2.98. The van der Waals surface area contributed by atoms with E-state index in [0.717, 1.165) is 0 Å². The maximum atomic E-state index is 12.4. The van der Waals surface area contributed by atoms with Gasteiger partial charge in [0, 0.05) is 5.56 Å². The lowest BCUT2D eigenvalue weighted by Gasteiger charge is -2.14. The lowest BCUT2D eigenvalue weighted by molar-refractivity contribution is -0.123. The fourth-order valence-corrected chi connectivity index (χ4v) is 3.38. The Morgan fingerprint density at radius 2 is 1.59 bits per heavy atom. The number of rotatable bonds is 6. The van der Waals surface area contributed by atoms with Gasteiger partial charge in [-0.25, -0.2) is 0 Å². The summed E-state index contributed by atoms with van der Waals surface area (Å²) in [6.45, 7) is 3.85. The number of hydrogen-bond donors (Lipinski definition) is 2. The predicted octanol–water partition coefficient (Wildman–Crippen LogP) is 3.06. The number of allylic oxidation sites excluding steroid dienone is 1. The van der Waals surface area contributed by atoms with Crippen LogP contribution in [0.3, 0.4) is 0 Å². The largest absolute Gasteiger partial charge is 0.493 e. The highest BCUT2D eigenvalue weighted by Crippen LogP contribution is 2.59. The Balaban J connectivity index is 2.08. The molecular formula is C18H22Cl2N2O5. The van der Waals surface area contributed by atoms with Crippen molar-refractivity contribution >= 4 is 35.0 Å². The van der Waals surface area contributed by atoms with Gasteiger partial charge in [0.25, 0.3) is 5.91 Å². The monoisotopic (exact) mass is 416 g/mol. The fraction of sp³-hybridized carbons (Fsp3) is 0.444. The topological polar surface area (TPSA) is 85.9 Å². The first kappa shape index (κ1) is 21.2. The molecule has 27 heavy (non-hydrogen) atoms. The number of amides is 2. The molecule has 2 amide bonds. The van der Waals surface area contributed by atoms with Gasteiger partial charge in [-0.05, 0) is 29.5 Å². The van der Waals surface area contributed by atoms with Crippen molar-refractivity contribution in [1.82, 2.24) is 10.9 Å². The van der Waals surface area contributed by atoms with Gasteiger partial charge in [-0.1, -0.05) is 37.0 Å². The Kier molecular flexibility index (Phi) is 6.49. The third kappa shape index (κ3) is 4.42. The maximum Gasteiger partial charge on any atom is 0.269 e. The number of hydrogen-bond acceptors (Lipinski definition) is 5. The molecule has 0 unspecified atom stereocenters. The molecule has 148 valence electrons. The molecule has 0 bridgehead atoms. The van der Waals surface area contributed by atoms with E-state index in [1.807, 2.05) is 13.8 Å². The molecule has 0 spiro atoms. The molecule has 9 heteroatoms. The minimum Gasteiger partial charge on any atom is -0.493 e. The second kappa shape index (κ2) is 8.27. The first-order chi connectivity index (χ1) is 12.7. The Morgan fingerprint density at radius 3 is 2.04 bits per heavy atom. The van der Waals surface area contributed by atoms with Gasteiger partial charge in [-0.15, -0.1) is 0 Å². The van der Waals surface area contributed by atoms with Gasteiger partial charge in [-0.3, -0.25) is 20.4 Å². The van der Waals surface area contributed by atoms with E-state index in [1.54, 1.807) is 6.08 Å². The van der Waals surface area contributed by atoms with Gasteiger partial charge >= 0.3 is 0 Å². The summed E-state index contributed by atoms with van der Waals surface area (Å²) in [5, 5.41) is 0. The van der Waals surface area contributed by atoms with E-state index in [9.17, 15) is 9.59 Å². The predicted molar refractivity (Wildman–Crippen MR) is 102 cm³/mol. The number of nitrogens with one attached hydrogen (secondary N) is 2. The molecule has 2 N–H and O–H groups in total. The molecule has 0 radical (unpaired) electrons. The molecule has 1 saturated carbocycles. The van der Waals surface area contributed by atoms with Crippen molar-refractivity contribution in [3.8, 4) is 17.2 Å². The normalized spacial score (nSPS) is 19.5. The average molecular weight is 417 g/mol. The molecule has 1 fully saturated rings. The van der Waals surface area contributed by atoms with Gasteiger partial charge in [-0.2, -0.15) is 0 Å².